The first-order valence-electron chi connectivity index (χ1n) is 6.50. The number of rotatable bonds is 5. The first-order valence-corrected chi connectivity index (χ1v) is 6.50. The van der Waals surface area contributed by atoms with Gasteiger partial charge in [-0.05, 0) is 32.8 Å². The van der Waals surface area contributed by atoms with Crippen LogP contribution in [0.5, 0.6) is 0 Å². The smallest absolute Gasteiger partial charge is 0.123 e. The van der Waals surface area contributed by atoms with Crippen molar-refractivity contribution in [2.24, 2.45) is 0 Å². The zero-order valence-electron chi connectivity index (χ0n) is 10.9. The number of hydrogen-bond donors (Lipinski definition) is 1. The first kappa shape index (κ1) is 11.5. The molecule has 2 aromatic rings. The maximum absolute atomic E-state index is 5.60. The fourth-order valence-corrected chi connectivity index (χ4v) is 2.02. The van der Waals surface area contributed by atoms with Crippen LogP contribution in [0.3, 0.4) is 0 Å². The van der Waals surface area contributed by atoms with E-state index in [9.17, 15) is 0 Å². The quantitative estimate of drug-likeness (QED) is 0.879. The number of aromatic nitrogens is 2. The number of furan rings is 1. The molecule has 1 aliphatic rings. The zero-order valence-corrected chi connectivity index (χ0v) is 10.9. The van der Waals surface area contributed by atoms with Crippen molar-refractivity contribution in [2.75, 3.05) is 0 Å². The second kappa shape index (κ2) is 4.61. The van der Waals surface area contributed by atoms with E-state index in [1.165, 1.54) is 24.1 Å². The topological polar surface area (TPSA) is 43.0 Å². The molecule has 96 valence electrons. The first-order chi connectivity index (χ1) is 8.72. The van der Waals surface area contributed by atoms with E-state index in [0.29, 0.717) is 0 Å². The van der Waals surface area contributed by atoms with Crippen molar-refractivity contribution >= 4 is 0 Å². The van der Waals surface area contributed by atoms with Gasteiger partial charge in [-0.2, -0.15) is 0 Å². The molecule has 4 heteroatoms. The van der Waals surface area contributed by atoms with Crippen LogP contribution in [-0.4, -0.2) is 15.6 Å². The monoisotopic (exact) mass is 245 g/mol. The van der Waals surface area contributed by atoms with Gasteiger partial charge in [-0.25, -0.2) is 4.98 Å². The molecule has 3 rings (SSSR count). The van der Waals surface area contributed by atoms with Crippen LogP contribution in [0.2, 0.25) is 0 Å². The van der Waals surface area contributed by atoms with E-state index < -0.39 is 0 Å². The molecule has 0 amide bonds. The average Bonchev–Trinajstić information content (AvgIpc) is 3.02. The Kier molecular flexibility index (Phi) is 2.96. The van der Waals surface area contributed by atoms with Gasteiger partial charge >= 0.3 is 0 Å². The lowest BCUT2D eigenvalue weighted by Gasteiger charge is -2.02. The predicted molar refractivity (Wildman–Crippen MR) is 69.4 cm³/mol. The van der Waals surface area contributed by atoms with Gasteiger partial charge < -0.3 is 14.3 Å². The van der Waals surface area contributed by atoms with Crippen LogP contribution in [-0.2, 0) is 13.1 Å². The fourth-order valence-electron chi connectivity index (χ4n) is 2.02. The minimum absolute atomic E-state index is 0.738. The number of nitrogens with one attached hydrogen (secondary N) is 1. The maximum Gasteiger partial charge on any atom is 0.123 e. The van der Waals surface area contributed by atoms with Crippen LogP contribution in [0.1, 0.15) is 35.6 Å². The van der Waals surface area contributed by atoms with Crippen molar-refractivity contribution in [3.8, 4) is 0 Å². The number of imidazole rings is 1. The highest BCUT2D eigenvalue weighted by atomic mass is 16.3. The van der Waals surface area contributed by atoms with Crippen LogP contribution in [0, 0.1) is 13.8 Å². The summed E-state index contributed by atoms with van der Waals surface area (Å²) in [5, 5.41) is 3.49. The predicted octanol–water partition coefficient (Wildman–Crippen LogP) is 2.39. The van der Waals surface area contributed by atoms with Crippen molar-refractivity contribution in [2.45, 2.75) is 45.8 Å². The molecule has 2 aromatic heterocycles. The molecule has 0 unspecified atom stereocenters. The lowest BCUT2D eigenvalue weighted by Crippen LogP contribution is -2.14. The van der Waals surface area contributed by atoms with Gasteiger partial charge in [0.15, 0.2) is 0 Å². The highest BCUT2D eigenvalue weighted by Gasteiger charge is 2.20. The van der Waals surface area contributed by atoms with Crippen LogP contribution >= 0.6 is 0 Å². The largest absolute Gasteiger partial charge is 0.467 e. The summed E-state index contributed by atoms with van der Waals surface area (Å²) < 4.78 is 7.71. The van der Waals surface area contributed by atoms with Crippen molar-refractivity contribution in [3.05, 3.63) is 41.4 Å². The highest BCUT2D eigenvalue weighted by molar-refractivity contribution is 5.16. The number of aryl methyl sites for hydroxylation is 1. The molecule has 0 aliphatic heterocycles. The molecule has 0 radical (unpaired) electrons. The summed E-state index contributed by atoms with van der Waals surface area (Å²) in [6.45, 7) is 5.78. The van der Waals surface area contributed by atoms with Gasteiger partial charge in [0.25, 0.3) is 0 Å². The van der Waals surface area contributed by atoms with E-state index in [-0.39, 0.29) is 0 Å². The minimum atomic E-state index is 0.738. The van der Waals surface area contributed by atoms with E-state index >= 15 is 0 Å². The van der Waals surface area contributed by atoms with Crippen molar-refractivity contribution < 1.29 is 4.42 Å². The van der Waals surface area contributed by atoms with Gasteiger partial charge in [-0.15, -0.1) is 0 Å². The van der Waals surface area contributed by atoms with E-state index in [2.05, 4.69) is 27.9 Å². The van der Waals surface area contributed by atoms with Gasteiger partial charge in [0.05, 0.1) is 24.8 Å². The molecular formula is C14H19N3O. The molecule has 1 saturated carbocycles. The Morgan fingerprint density at radius 3 is 2.94 bits per heavy atom. The summed E-state index contributed by atoms with van der Waals surface area (Å²) in [6.07, 6.45) is 6.36. The molecule has 18 heavy (non-hydrogen) atoms. The summed E-state index contributed by atoms with van der Waals surface area (Å²) in [6, 6.07) is 2.87. The summed E-state index contributed by atoms with van der Waals surface area (Å²) >= 11 is 0. The molecule has 4 nitrogen and oxygen atoms in total. The third-order valence-electron chi connectivity index (χ3n) is 3.55. The van der Waals surface area contributed by atoms with Crippen LogP contribution in [0.4, 0.5) is 0 Å². The number of nitrogens with zero attached hydrogens (tertiary/aromatic N) is 2. The lowest BCUT2D eigenvalue weighted by atomic mass is 10.3. The van der Waals surface area contributed by atoms with Crippen LogP contribution < -0.4 is 5.32 Å². The highest BCUT2D eigenvalue weighted by Crippen LogP contribution is 2.20. The molecule has 1 aliphatic carbocycles. The summed E-state index contributed by atoms with van der Waals surface area (Å²) in [5.74, 6) is 0.989. The SMILES string of the molecule is Cc1ncn(Cc2cc(CNC3CC3)co2)c1C. The molecule has 0 atom stereocenters. The third kappa shape index (κ3) is 2.48. The van der Waals surface area contributed by atoms with E-state index in [1.807, 2.05) is 19.5 Å². The Morgan fingerprint density at radius 2 is 2.28 bits per heavy atom. The molecule has 2 heterocycles. The van der Waals surface area contributed by atoms with Gasteiger partial charge in [-0.3, -0.25) is 0 Å². The van der Waals surface area contributed by atoms with E-state index in [1.54, 1.807) is 0 Å². The second-order valence-corrected chi connectivity index (χ2v) is 5.12. The molecule has 0 bridgehead atoms. The zero-order chi connectivity index (χ0) is 12.5. The normalized spacial score (nSPS) is 15.2. The summed E-state index contributed by atoms with van der Waals surface area (Å²) in [5.41, 5.74) is 3.51. The van der Waals surface area contributed by atoms with Crippen molar-refractivity contribution in [1.82, 2.24) is 14.9 Å². The van der Waals surface area contributed by atoms with Gasteiger partial charge in [0.1, 0.15) is 5.76 Å². The Morgan fingerprint density at radius 1 is 1.44 bits per heavy atom. The summed E-state index contributed by atoms with van der Waals surface area (Å²) in [7, 11) is 0. The van der Waals surface area contributed by atoms with Crippen molar-refractivity contribution in [3.63, 3.8) is 0 Å². The maximum atomic E-state index is 5.60. The Balaban J connectivity index is 1.63. The Hall–Kier alpha value is -1.55. The van der Waals surface area contributed by atoms with Crippen LogP contribution in [0.25, 0.3) is 0 Å². The fraction of sp³-hybridized carbons (Fsp3) is 0.500. The molecule has 0 aromatic carbocycles. The molecule has 1 fully saturated rings. The van der Waals surface area contributed by atoms with Gasteiger partial charge in [0.2, 0.25) is 0 Å². The second-order valence-electron chi connectivity index (χ2n) is 5.12. The van der Waals surface area contributed by atoms with E-state index in [4.69, 9.17) is 4.42 Å². The van der Waals surface area contributed by atoms with Gasteiger partial charge in [-0.1, -0.05) is 0 Å². The molecule has 0 saturated heterocycles. The lowest BCUT2D eigenvalue weighted by molar-refractivity contribution is 0.488. The summed E-state index contributed by atoms with van der Waals surface area (Å²) in [4.78, 5) is 4.30. The Labute approximate surface area is 107 Å². The van der Waals surface area contributed by atoms with Crippen molar-refractivity contribution in [1.29, 1.82) is 0 Å². The van der Waals surface area contributed by atoms with Crippen LogP contribution in [0.15, 0.2) is 23.1 Å². The minimum Gasteiger partial charge on any atom is -0.467 e. The van der Waals surface area contributed by atoms with E-state index in [0.717, 1.165) is 30.6 Å². The number of hydrogen-bond acceptors (Lipinski definition) is 3. The molecule has 1 N–H and O–H groups in total. The average molecular weight is 245 g/mol. The standard InChI is InChI=1S/C14H19N3O/c1-10-11(2)17(9-16-10)7-14-5-12(8-18-14)6-15-13-3-4-13/h5,8-9,13,15H,3-4,6-7H2,1-2H3. The Bertz CT molecular complexity index is 537. The van der Waals surface area contributed by atoms with Gasteiger partial charge in [0, 0.05) is 23.8 Å². The molecular weight excluding hydrogens is 226 g/mol. The molecule has 0 spiro atoms. The third-order valence-corrected chi connectivity index (χ3v) is 3.55.